The van der Waals surface area contributed by atoms with Crippen LogP contribution in [0.2, 0.25) is 0 Å². The van der Waals surface area contributed by atoms with Gasteiger partial charge in [0.05, 0.1) is 23.7 Å². The van der Waals surface area contributed by atoms with Gasteiger partial charge < -0.3 is 10.1 Å². The van der Waals surface area contributed by atoms with Gasteiger partial charge in [-0.3, -0.25) is 14.8 Å². The number of H-pyrrole nitrogens is 1. The van der Waals surface area contributed by atoms with Crippen LogP contribution in [0.3, 0.4) is 0 Å². The van der Waals surface area contributed by atoms with Crippen LogP contribution >= 0.6 is 0 Å². The van der Waals surface area contributed by atoms with Crippen LogP contribution in [0.5, 0.6) is 5.75 Å². The molecule has 0 saturated carbocycles. The zero-order valence-electron chi connectivity index (χ0n) is 22.3. The highest BCUT2D eigenvalue weighted by molar-refractivity contribution is 6.03. The summed E-state index contributed by atoms with van der Waals surface area (Å²) in [6, 6.07) is 22.9. The number of nitrogens with one attached hydrogen (secondary N) is 2. The summed E-state index contributed by atoms with van der Waals surface area (Å²) in [6.07, 6.45) is 10.0. The van der Waals surface area contributed by atoms with Crippen molar-refractivity contribution < 1.29 is 9.53 Å². The molecule has 1 atom stereocenters. The van der Waals surface area contributed by atoms with Crippen molar-refractivity contribution in [3.63, 3.8) is 0 Å². The van der Waals surface area contributed by atoms with Crippen molar-refractivity contribution in [2.24, 2.45) is 0 Å². The Hall–Kier alpha value is -4.16. The third-order valence-electron chi connectivity index (χ3n) is 7.79. The molecular weight excluding hydrogens is 484 g/mol. The fraction of sp³-hybridized carbons (Fsp3) is 0.273. The van der Waals surface area contributed by atoms with E-state index in [1.54, 1.807) is 7.11 Å². The molecule has 0 spiro atoms. The Morgan fingerprint density at radius 2 is 1.77 bits per heavy atom. The average Bonchev–Trinajstić information content (AvgIpc) is 3.56. The topological polar surface area (TPSA) is 70.2 Å². The van der Waals surface area contributed by atoms with Crippen molar-refractivity contribution in [3.05, 3.63) is 100 Å². The Kier molecular flexibility index (Phi) is 7.28. The molecule has 0 bridgehead atoms. The van der Waals surface area contributed by atoms with E-state index < -0.39 is 0 Å². The third kappa shape index (κ3) is 5.52. The number of ether oxygens (including phenoxy) is 1. The maximum atomic E-state index is 12.7. The molecule has 0 aliphatic carbocycles. The predicted molar refractivity (Wildman–Crippen MR) is 157 cm³/mol. The number of aromatic nitrogens is 2. The molecule has 3 aromatic carbocycles. The number of aromatic amines is 1. The Labute approximate surface area is 229 Å². The summed E-state index contributed by atoms with van der Waals surface area (Å²) in [5.41, 5.74) is 6.96. The van der Waals surface area contributed by atoms with Gasteiger partial charge in [-0.25, -0.2) is 0 Å². The predicted octanol–water partition coefficient (Wildman–Crippen LogP) is 6.02. The normalized spacial score (nSPS) is 19.3. The minimum Gasteiger partial charge on any atom is -0.496 e. The van der Waals surface area contributed by atoms with Gasteiger partial charge in [-0.1, -0.05) is 67.1 Å². The van der Waals surface area contributed by atoms with E-state index in [1.165, 1.54) is 37.9 Å². The van der Waals surface area contributed by atoms with Crippen LogP contribution in [0.4, 0.5) is 0 Å². The van der Waals surface area contributed by atoms with Crippen molar-refractivity contribution in [2.75, 3.05) is 26.7 Å². The van der Waals surface area contributed by atoms with Crippen LogP contribution in [-0.4, -0.2) is 47.7 Å². The smallest absolute Gasteiger partial charge is 0.247 e. The molecule has 6 nitrogen and oxygen atoms in total. The third-order valence-corrected chi connectivity index (χ3v) is 7.79. The first-order valence-electron chi connectivity index (χ1n) is 13.8. The summed E-state index contributed by atoms with van der Waals surface area (Å²) in [7, 11) is 1.67. The van der Waals surface area contributed by atoms with E-state index in [1.807, 2.05) is 42.5 Å². The Bertz CT molecular complexity index is 1510. The largest absolute Gasteiger partial charge is 0.496 e. The monoisotopic (exact) mass is 518 g/mol. The van der Waals surface area contributed by atoms with Crippen molar-refractivity contribution >= 4 is 35.0 Å². The first kappa shape index (κ1) is 25.1. The Balaban J connectivity index is 1.23. The molecule has 6 heteroatoms. The molecule has 2 fully saturated rings. The molecule has 1 aromatic heterocycles. The van der Waals surface area contributed by atoms with Crippen LogP contribution in [0.15, 0.2) is 72.3 Å². The quantitative estimate of drug-likeness (QED) is 0.293. The molecule has 1 amide bonds. The summed E-state index contributed by atoms with van der Waals surface area (Å²) in [6.45, 7) is 4.04. The van der Waals surface area contributed by atoms with E-state index in [0.29, 0.717) is 6.54 Å². The Morgan fingerprint density at radius 1 is 0.974 bits per heavy atom. The van der Waals surface area contributed by atoms with Crippen molar-refractivity contribution in [1.82, 2.24) is 20.4 Å². The van der Waals surface area contributed by atoms with Gasteiger partial charge in [-0.2, -0.15) is 5.10 Å². The van der Waals surface area contributed by atoms with Crippen LogP contribution in [0.1, 0.15) is 53.1 Å². The van der Waals surface area contributed by atoms with E-state index in [4.69, 9.17) is 4.74 Å². The molecule has 2 N–H and O–H groups in total. The molecule has 198 valence electrons. The fourth-order valence-corrected chi connectivity index (χ4v) is 5.71. The number of likely N-dealkylation sites (tertiary alicyclic amines) is 1. The number of hydrogen-bond donors (Lipinski definition) is 2. The number of nitrogens with zero attached hydrogens (tertiary/aromatic N) is 2. The van der Waals surface area contributed by atoms with Gasteiger partial charge in [-0.05, 0) is 72.5 Å². The minimum atomic E-state index is -0.0295. The zero-order chi connectivity index (χ0) is 26.6. The zero-order valence-corrected chi connectivity index (χ0v) is 22.3. The minimum absolute atomic E-state index is 0.0203. The van der Waals surface area contributed by atoms with Crippen LogP contribution in [0.25, 0.3) is 29.1 Å². The molecular formula is C33H34N4O2. The highest BCUT2D eigenvalue weighted by Gasteiger charge is 2.29. The molecule has 0 radical (unpaired) electrons. The van der Waals surface area contributed by atoms with Gasteiger partial charge in [0.1, 0.15) is 5.75 Å². The highest BCUT2D eigenvalue weighted by atomic mass is 16.5. The summed E-state index contributed by atoms with van der Waals surface area (Å²) in [4.78, 5) is 15.2. The SMILES string of the molecule is COc1cc(C=C2C(=O)NCC2c2ccccc2)cc2[nH]nc(/C=C/c3ccc(CN4CCCCC4)cc3)c12. The van der Waals surface area contributed by atoms with Crippen LogP contribution in [-0.2, 0) is 11.3 Å². The van der Waals surface area contributed by atoms with E-state index in [-0.39, 0.29) is 11.8 Å². The van der Waals surface area contributed by atoms with Gasteiger partial charge in [0.15, 0.2) is 0 Å². The average molecular weight is 519 g/mol. The second-order valence-corrected chi connectivity index (χ2v) is 10.4. The number of carbonyl (C=O) groups excluding carboxylic acids is 1. The highest BCUT2D eigenvalue weighted by Crippen LogP contribution is 2.34. The maximum Gasteiger partial charge on any atom is 0.247 e. The number of fused-ring (bicyclic) bond motifs is 1. The van der Waals surface area contributed by atoms with Crippen molar-refractivity contribution in [1.29, 1.82) is 0 Å². The lowest BCUT2D eigenvalue weighted by molar-refractivity contribution is -0.116. The lowest BCUT2D eigenvalue weighted by Crippen LogP contribution is -2.28. The summed E-state index contributed by atoms with van der Waals surface area (Å²) in [5.74, 6) is 0.712. The lowest BCUT2D eigenvalue weighted by atomic mass is 9.92. The van der Waals surface area contributed by atoms with Crippen LogP contribution in [0, 0.1) is 0 Å². The summed E-state index contributed by atoms with van der Waals surface area (Å²) >= 11 is 0. The first-order valence-corrected chi connectivity index (χ1v) is 13.8. The second-order valence-electron chi connectivity index (χ2n) is 10.4. The van der Waals surface area contributed by atoms with E-state index in [2.05, 4.69) is 62.9 Å². The first-order chi connectivity index (χ1) is 19.2. The van der Waals surface area contributed by atoms with Crippen molar-refractivity contribution in [2.45, 2.75) is 31.7 Å². The number of hydrogen-bond acceptors (Lipinski definition) is 4. The molecule has 2 aliphatic rings. The van der Waals surface area contributed by atoms with Crippen LogP contribution < -0.4 is 10.1 Å². The van der Waals surface area contributed by atoms with Gasteiger partial charge in [0.2, 0.25) is 5.91 Å². The second kappa shape index (κ2) is 11.3. The molecule has 1 unspecified atom stereocenters. The van der Waals surface area contributed by atoms with E-state index in [9.17, 15) is 4.79 Å². The number of rotatable bonds is 7. The summed E-state index contributed by atoms with van der Waals surface area (Å²) < 4.78 is 5.78. The molecule has 6 rings (SSSR count). The molecule has 39 heavy (non-hydrogen) atoms. The van der Waals surface area contributed by atoms with Gasteiger partial charge in [0.25, 0.3) is 0 Å². The summed E-state index contributed by atoms with van der Waals surface area (Å²) in [5, 5.41) is 11.6. The molecule has 3 heterocycles. The number of methoxy groups -OCH3 is 1. The van der Waals surface area contributed by atoms with Crippen molar-refractivity contribution in [3.8, 4) is 5.75 Å². The Morgan fingerprint density at radius 3 is 2.54 bits per heavy atom. The number of piperidine rings is 1. The fourth-order valence-electron chi connectivity index (χ4n) is 5.71. The molecule has 4 aromatic rings. The maximum absolute atomic E-state index is 12.7. The van der Waals surface area contributed by atoms with E-state index in [0.717, 1.165) is 51.2 Å². The van der Waals surface area contributed by atoms with E-state index >= 15 is 0 Å². The molecule has 2 saturated heterocycles. The number of amides is 1. The van der Waals surface area contributed by atoms with Gasteiger partial charge in [-0.15, -0.1) is 0 Å². The standard InChI is InChI=1S/C33H34N4O2/c1-39-31-20-25(18-27-28(21-34-33(27)38)26-8-4-2-5-9-26)19-30-32(31)29(35-36-30)15-14-23-10-12-24(13-11-23)22-37-16-6-3-7-17-37/h2,4-5,8-15,18-20,28H,3,6-7,16-17,21-22H2,1H3,(H,34,38)(H,35,36)/b15-14+,27-18?. The van der Waals surface area contributed by atoms with Gasteiger partial charge in [0, 0.05) is 24.6 Å². The van der Waals surface area contributed by atoms with Gasteiger partial charge >= 0.3 is 0 Å². The number of carbonyl (C=O) groups is 1. The lowest BCUT2D eigenvalue weighted by Gasteiger charge is -2.26. The molecule has 2 aliphatic heterocycles. The number of benzene rings is 3.